The fourth-order valence-corrected chi connectivity index (χ4v) is 3.26. The molecule has 0 unspecified atom stereocenters. The van der Waals surface area contributed by atoms with Gasteiger partial charge < -0.3 is 0 Å². The standard InChI is InChI=1S/C14H10BrClN2O2S/c1-9-6-12(4-5-13(9)15)21(19,20)18-14-7-11(16)3-2-10(14)8-17/h2-7,18H,1H3. The third-order valence-corrected chi connectivity index (χ3v) is 5.27. The number of hydrogen-bond donors (Lipinski definition) is 1. The van der Waals surface area contributed by atoms with E-state index >= 15 is 0 Å². The number of rotatable bonds is 3. The molecule has 0 amide bonds. The summed E-state index contributed by atoms with van der Waals surface area (Å²) in [6.45, 7) is 1.79. The SMILES string of the molecule is Cc1cc(S(=O)(=O)Nc2cc(Cl)ccc2C#N)ccc1Br. The van der Waals surface area contributed by atoms with Crippen LogP contribution >= 0.6 is 27.5 Å². The van der Waals surface area contributed by atoms with Gasteiger partial charge in [-0.2, -0.15) is 5.26 Å². The predicted octanol–water partition coefficient (Wildman–Crippen LogP) is 4.08. The molecule has 0 aliphatic carbocycles. The molecule has 0 spiro atoms. The highest BCUT2D eigenvalue weighted by Crippen LogP contribution is 2.25. The van der Waals surface area contributed by atoms with E-state index in [1.807, 2.05) is 6.07 Å². The summed E-state index contributed by atoms with van der Waals surface area (Å²) in [7, 11) is -3.78. The zero-order valence-corrected chi connectivity index (χ0v) is 14.1. The Hall–Kier alpha value is -1.55. The van der Waals surface area contributed by atoms with Crippen LogP contribution in [0.2, 0.25) is 5.02 Å². The zero-order chi connectivity index (χ0) is 15.6. The molecule has 0 saturated heterocycles. The van der Waals surface area contributed by atoms with E-state index in [0.29, 0.717) is 5.02 Å². The fourth-order valence-electron chi connectivity index (χ4n) is 1.69. The molecular formula is C14H10BrClN2O2S. The van der Waals surface area contributed by atoms with Crippen molar-refractivity contribution in [3.05, 3.63) is 57.0 Å². The van der Waals surface area contributed by atoms with Gasteiger partial charge in [0.25, 0.3) is 10.0 Å². The number of halogens is 2. The van der Waals surface area contributed by atoms with E-state index in [0.717, 1.165) is 10.0 Å². The van der Waals surface area contributed by atoms with E-state index in [2.05, 4.69) is 20.7 Å². The maximum atomic E-state index is 12.4. The Morgan fingerprint density at radius 3 is 2.57 bits per heavy atom. The first-order valence-corrected chi connectivity index (χ1v) is 8.47. The number of nitrogens with one attached hydrogen (secondary N) is 1. The van der Waals surface area contributed by atoms with Gasteiger partial charge in [-0.15, -0.1) is 0 Å². The number of nitrogens with zero attached hydrogens (tertiary/aromatic N) is 1. The summed E-state index contributed by atoms with van der Waals surface area (Å²) in [5, 5.41) is 9.37. The second kappa shape index (κ2) is 6.06. The van der Waals surface area contributed by atoms with Crippen molar-refractivity contribution < 1.29 is 8.42 Å². The molecule has 21 heavy (non-hydrogen) atoms. The molecule has 0 aliphatic rings. The average Bonchev–Trinajstić information content (AvgIpc) is 2.41. The molecule has 2 rings (SSSR count). The van der Waals surface area contributed by atoms with E-state index in [1.165, 1.54) is 24.3 Å². The number of sulfonamides is 1. The van der Waals surface area contributed by atoms with E-state index in [9.17, 15) is 8.42 Å². The van der Waals surface area contributed by atoms with Crippen molar-refractivity contribution in [2.24, 2.45) is 0 Å². The Kier molecular flexibility index (Phi) is 4.57. The van der Waals surface area contributed by atoms with Crippen molar-refractivity contribution in [1.29, 1.82) is 5.26 Å². The second-order valence-electron chi connectivity index (χ2n) is 4.32. The molecule has 0 atom stereocenters. The van der Waals surface area contributed by atoms with Crippen LogP contribution in [-0.2, 0) is 10.0 Å². The minimum absolute atomic E-state index is 0.118. The summed E-state index contributed by atoms with van der Waals surface area (Å²) in [6, 6.07) is 11.0. The van der Waals surface area contributed by atoms with Crippen molar-refractivity contribution in [3.63, 3.8) is 0 Å². The van der Waals surface area contributed by atoms with Gasteiger partial charge in [0.2, 0.25) is 0 Å². The molecule has 1 N–H and O–H groups in total. The van der Waals surface area contributed by atoms with Crippen LogP contribution < -0.4 is 4.72 Å². The lowest BCUT2D eigenvalue weighted by Gasteiger charge is -2.11. The predicted molar refractivity (Wildman–Crippen MR) is 85.9 cm³/mol. The van der Waals surface area contributed by atoms with Gasteiger partial charge in [0.05, 0.1) is 16.1 Å². The van der Waals surface area contributed by atoms with Gasteiger partial charge >= 0.3 is 0 Å². The van der Waals surface area contributed by atoms with Crippen LogP contribution in [0, 0.1) is 18.3 Å². The monoisotopic (exact) mass is 384 g/mol. The van der Waals surface area contributed by atoms with Crippen LogP contribution in [0.4, 0.5) is 5.69 Å². The van der Waals surface area contributed by atoms with E-state index in [-0.39, 0.29) is 16.1 Å². The van der Waals surface area contributed by atoms with Crippen molar-refractivity contribution in [2.75, 3.05) is 4.72 Å². The summed E-state index contributed by atoms with van der Waals surface area (Å²) >= 11 is 9.16. The molecule has 0 aliphatic heterocycles. The summed E-state index contributed by atoms with van der Waals surface area (Å²) in [5.41, 5.74) is 1.16. The number of nitriles is 1. The second-order valence-corrected chi connectivity index (χ2v) is 7.29. The molecule has 0 aromatic heterocycles. The van der Waals surface area contributed by atoms with Crippen molar-refractivity contribution >= 4 is 43.2 Å². The lowest BCUT2D eigenvalue weighted by atomic mass is 10.2. The van der Waals surface area contributed by atoms with Crippen LogP contribution in [0.25, 0.3) is 0 Å². The summed E-state index contributed by atoms with van der Waals surface area (Å²) in [6.07, 6.45) is 0. The van der Waals surface area contributed by atoms with Crippen LogP contribution in [-0.4, -0.2) is 8.42 Å². The molecule has 0 bridgehead atoms. The highest BCUT2D eigenvalue weighted by Gasteiger charge is 2.17. The first-order chi connectivity index (χ1) is 9.83. The molecule has 2 aromatic rings. The summed E-state index contributed by atoms with van der Waals surface area (Å²) in [4.78, 5) is 0.118. The highest BCUT2D eigenvalue weighted by molar-refractivity contribution is 9.10. The van der Waals surface area contributed by atoms with E-state index < -0.39 is 10.0 Å². The summed E-state index contributed by atoms with van der Waals surface area (Å²) in [5.74, 6) is 0. The minimum atomic E-state index is -3.78. The topological polar surface area (TPSA) is 70.0 Å². The molecule has 0 heterocycles. The van der Waals surface area contributed by atoms with Gasteiger partial charge in [-0.25, -0.2) is 8.42 Å². The maximum Gasteiger partial charge on any atom is 0.261 e. The van der Waals surface area contributed by atoms with Gasteiger partial charge in [-0.1, -0.05) is 27.5 Å². The molecule has 0 saturated carbocycles. The number of aryl methyl sites for hydroxylation is 1. The Morgan fingerprint density at radius 1 is 1.24 bits per heavy atom. The molecule has 4 nitrogen and oxygen atoms in total. The molecule has 108 valence electrons. The van der Waals surface area contributed by atoms with Gasteiger partial charge in [0.1, 0.15) is 6.07 Å². The first kappa shape index (κ1) is 15.8. The Morgan fingerprint density at radius 2 is 1.95 bits per heavy atom. The number of anilines is 1. The molecule has 0 fully saturated rings. The van der Waals surface area contributed by atoms with Crippen LogP contribution in [0.15, 0.2) is 45.8 Å². The van der Waals surface area contributed by atoms with Crippen LogP contribution in [0.1, 0.15) is 11.1 Å². The smallest absolute Gasteiger partial charge is 0.261 e. The molecule has 7 heteroatoms. The van der Waals surface area contributed by atoms with E-state index in [4.69, 9.17) is 16.9 Å². The largest absolute Gasteiger partial charge is 0.278 e. The Labute approximate surface area is 136 Å². The van der Waals surface area contributed by atoms with Gasteiger partial charge in [0.15, 0.2) is 0 Å². The fraction of sp³-hybridized carbons (Fsp3) is 0.0714. The maximum absolute atomic E-state index is 12.4. The summed E-state index contributed by atoms with van der Waals surface area (Å²) < 4.78 is 27.9. The minimum Gasteiger partial charge on any atom is -0.278 e. The van der Waals surface area contributed by atoms with Crippen LogP contribution in [0.3, 0.4) is 0 Å². The lowest BCUT2D eigenvalue weighted by Crippen LogP contribution is -2.14. The first-order valence-electron chi connectivity index (χ1n) is 5.82. The Balaban J connectivity index is 2.45. The quantitative estimate of drug-likeness (QED) is 0.865. The van der Waals surface area contributed by atoms with Gasteiger partial charge in [0, 0.05) is 9.50 Å². The van der Waals surface area contributed by atoms with Crippen molar-refractivity contribution in [2.45, 2.75) is 11.8 Å². The third-order valence-electron chi connectivity index (χ3n) is 2.79. The van der Waals surface area contributed by atoms with Crippen molar-refractivity contribution in [3.8, 4) is 6.07 Å². The normalized spacial score (nSPS) is 11.0. The molecular weight excluding hydrogens is 376 g/mol. The lowest BCUT2D eigenvalue weighted by molar-refractivity contribution is 0.601. The molecule has 0 radical (unpaired) electrons. The zero-order valence-electron chi connectivity index (χ0n) is 10.9. The highest BCUT2D eigenvalue weighted by atomic mass is 79.9. The average molecular weight is 386 g/mol. The van der Waals surface area contributed by atoms with Gasteiger partial charge in [-0.05, 0) is 48.9 Å². The third kappa shape index (κ3) is 3.56. The molecule has 2 aromatic carbocycles. The van der Waals surface area contributed by atoms with Crippen LogP contribution in [0.5, 0.6) is 0 Å². The number of benzene rings is 2. The van der Waals surface area contributed by atoms with E-state index in [1.54, 1.807) is 19.1 Å². The van der Waals surface area contributed by atoms with Crippen molar-refractivity contribution in [1.82, 2.24) is 0 Å². The Bertz CT molecular complexity index is 845. The number of hydrogen-bond acceptors (Lipinski definition) is 3. The van der Waals surface area contributed by atoms with Gasteiger partial charge in [-0.3, -0.25) is 4.72 Å².